The topological polar surface area (TPSA) is 69.6 Å². The molecule has 1 N–H and O–H groups in total. The molecule has 1 aromatic heterocycles. The summed E-state index contributed by atoms with van der Waals surface area (Å²) in [5, 5.41) is 10.1. The van der Waals surface area contributed by atoms with Gasteiger partial charge in [-0.3, -0.25) is 14.7 Å². The van der Waals surface area contributed by atoms with E-state index in [1.54, 1.807) is 6.20 Å². The van der Waals surface area contributed by atoms with E-state index in [-0.39, 0.29) is 18.1 Å². The van der Waals surface area contributed by atoms with Crippen molar-refractivity contribution >= 4 is 16.9 Å². The Labute approximate surface area is 141 Å². The van der Waals surface area contributed by atoms with Gasteiger partial charge in [-0.25, -0.2) is 4.98 Å². The second kappa shape index (κ2) is 6.45. The molecule has 2 aromatic rings. The van der Waals surface area contributed by atoms with Crippen molar-refractivity contribution in [1.82, 2.24) is 19.8 Å². The lowest BCUT2D eigenvalue weighted by molar-refractivity contribution is 0.0313. The Kier molecular flexibility index (Phi) is 4.16. The Bertz CT molecular complexity index is 743. The van der Waals surface area contributed by atoms with Gasteiger partial charge >= 0.3 is 0 Å². The number of carbonyl (C=O) groups excluding carboxylic acids is 1. The predicted octanol–water partition coefficient (Wildman–Crippen LogP) is 1.30. The highest BCUT2D eigenvalue weighted by atomic mass is 16.3. The van der Waals surface area contributed by atoms with Gasteiger partial charge in [0.2, 0.25) is 0 Å². The van der Waals surface area contributed by atoms with Gasteiger partial charge < -0.3 is 10.0 Å². The lowest BCUT2D eigenvalue weighted by atomic mass is 10.1. The molecule has 0 bridgehead atoms. The molecule has 24 heavy (non-hydrogen) atoms. The molecule has 4 rings (SSSR count). The van der Waals surface area contributed by atoms with Gasteiger partial charge in [0.15, 0.2) is 0 Å². The lowest BCUT2D eigenvalue weighted by Crippen LogP contribution is -2.53. The number of carbonyl (C=O) groups is 1. The third-order valence-electron chi connectivity index (χ3n) is 5.18. The first-order valence-electron chi connectivity index (χ1n) is 8.65. The summed E-state index contributed by atoms with van der Waals surface area (Å²) in [6, 6.07) is 7.84. The van der Waals surface area contributed by atoms with E-state index in [1.165, 1.54) is 0 Å². The Morgan fingerprint density at radius 3 is 2.54 bits per heavy atom. The monoisotopic (exact) mass is 326 g/mol. The van der Waals surface area contributed by atoms with Crippen LogP contribution in [0.5, 0.6) is 0 Å². The molecular formula is C18H22N4O2. The van der Waals surface area contributed by atoms with Crippen molar-refractivity contribution in [3.8, 4) is 0 Å². The fourth-order valence-electron chi connectivity index (χ4n) is 3.83. The zero-order chi connectivity index (χ0) is 16.5. The number of aliphatic hydroxyl groups excluding tert-OH is 1. The maximum atomic E-state index is 12.7. The maximum Gasteiger partial charge on any atom is 0.274 e. The Balaban J connectivity index is 1.43. The van der Waals surface area contributed by atoms with E-state index in [9.17, 15) is 9.90 Å². The Hall–Kier alpha value is -2.05. The largest absolute Gasteiger partial charge is 0.391 e. The molecule has 1 aromatic carbocycles. The van der Waals surface area contributed by atoms with Gasteiger partial charge in [-0.1, -0.05) is 12.1 Å². The van der Waals surface area contributed by atoms with Crippen molar-refractivity contribution in [2.24, 2.45) is 0 Å². The van der Waals surface area contributed by atoms with Gasteiger partial charge in [0.1, 0.15) is 5.69 Å². The molecule has 6 nitrogen and oxygen atoms in total. The van der Waals surface area contributed by atoms with E-state index in [0.29, 0.717) is 18.8 Å². The highest BCUT2D eigenvalue weighted by Crippen LogP contribution is 2.25. The highest BCUT2D eigenvalue weighted by molar-refractivity contribution is 5.93. The zero-order valence-electron chi connectivity index (χ0n) is 13.6. The average molecular weight is 326 g/mol. The predicted molar refractivity (Wildman–Crippen MR) is 90.7 cm³/mol. The minimum absolute atomic E-state index is 0.0557. The van der Waals surface area contributed by atoms with Crippen LogP contribution in [0, 0.1) is 0 Å². The molecule has 0 unspecified atom stereocenters. The number of benzene rings is 1. The quantitative estimate of drug-likeness (QED) is 0.901. The molecule has 1 amide bonds. The summed E-state index contributed by atoms with van der Waals surface area (Å²) in [7, 11) is 0. The van der Waals surface area contributed by atoms with E-state index in [0.717, 1.165) is 43.4 Å². The minimum Gasteiger partial charge on any atom is -0.391 e. The summed E-state index contributed by atoms with van der Waals surface area (Å²) in [5.74, 6) is -0.0557. The number of piperazine rings is 1. The molecular weight excluding hydrogens is 304 g/mol. The van der Waals surface area contributed by atoms with Crippen LogP contribution < -0.4 is 0 Å². The Morgan fingerprint density at radius 2 is 1.83 bits per heavy atom. The highest BCUT2D eigenvalue weighted by Gasteiger charge is 2.33. The van der Waals surface area contributed by atoms with Gasteiger partial charge in [-0.2, -0.15) is 0 Å². The second-order valence-electron chi connectivity index (χ2n) is 6.64. The maximum absolute atomic E-state index is 12.7. The van der Waals surface area contributed by atoms with Crippen molar-refractivity contribution in [3.63, 3.8) is 0 Å². The molecule has 126 valence electrons. The van der Waals surface area contributed by atoms with Crippen molar-refractivity contribution < 1.29 is 9.90 Å². The smallest absolute Gasteiger partial charge is 0.274 e. The van der Waals surface area contributed by atoms with Gasteiger partial charge in [0.05, 0.1) is 23.3 Å². The van der Waals surface area contributed by atoms with Crippen molar-refractivity contribution in [2.75, 3.05) is 26.2 Å². The number of aliphatic hydroxyl groups is 1. The van der Waals surface area contributed by atoms with Gasteiger partial charge in [0, 0.05) is 32.2 Å². The number of amides is 1. The number of hydrogen-bond donors (Lipinski definition) is 1. The Morgan fingerprint density at radius 1 is 1.08 bits per heavy atom. The van der Waals surface area contributed by atoms with Crippen LogP contribution in [0.25, 0.3) is 11.0 Å². The van der Waals surface area contributed by atoms with E-state index < -0.39 is 0 Å². The van der Waals surface area contributed by atoms with Crippen LogP contribution in [0.15, 0.2) is 30.5 Å². The van der Waals surface area contributed by atoms with Crippen LogP contribution >= 0.6 is 0 Å². The summed E-state index contributed by atoms with van der Waals surface area (Å²) in [5.41, 5.74) is 1.95. The summed E-state index contributed by atoms with van der Waals surface area (Å²) >= 11 is 0. The number of rotatable bonds is 2. The fraction of sp³-hybridized carbons (Fsp3) is 0.500. The molecule has 1 aliphatic carbocycles. The lowest BCUT2D eigenvalue weighted by Gasteiger charge is -2.38. The first-order valence-corrected chi connectivity index (χ1v) is 8.65. The number of fused-ring (bicyclic) bond motifs is 1. The molecule has 0 spiro atoms. The molecule has 6 heteroatoms. The molecule has 0 radical (unpaired) electrons. The number of aromatic nitrogens is 2. The van der Waals surface area contributed by atoms with Gasteiger partial charge in [0.25, 0.3) is 5.91 Å². The van der Waals surface area contributed by atoms with Crippen molar-refractivity contribution in [3.05, 3.63) is 36.2 Å². The first kappa shape index (κ1) is 15.5. The van der Waals surface area contributed by atoms with E-state index in [2.05, 4.69) is 14.9 Å². The molecule has 1 aliphatic heterocycles. The number of para-hydroxylation sites is 2. The SMILES string of the molecule is O=C(c1cnc2ccccc2n1)N1CCN([C@@H]2CCC[C@H]2O)CC1. The second-order valence-corrected chi connectivity index (χ2v) is 6.64. The van der Waals surface area contributed by atoms with Crippen molar-refractivity contribution in [2.45, 2.75) is 31.4 Å². The van der Waals surface area contributed by atoms with E-state index in [4.69, 9.17) is 0 Å². The first-order chi connectivity index (χ1) is 11.7. The summed E-state index contributed by atoms with van der Waals surface area (Å²) in [6.07, 6.45) is 4.41. The van der Waals surface area contributed by atoms with Crippen LogP contribution in [0.4, 0.5) is 0 Å². The van der Waals surface area contributed by atoms with Crippen LogP contribution in [0.2, 0.25) is 0 Å². The molecule has 1 saturated heterocycles. The van der Waals surface area contributed by atoms with E-state index >= 15 is 0 Å². The van der Waals surface area contributed by atoms with Gasteiger partial charge in [-0.05, 0) is 31.4 Å². The standard InChI is InChI=1S/C18H22N4O2/c23-17-7-3-6-16(17)21-8-10-22(11-9-21)18(24)15-12-19-13-4-1-2-5-14(13)20-15/h1-2,4-5,12,16-17,23H,3,6-11H2/t16-,17-/m1/s1. The number of hydrogen-bond acceptors (Lipinski definition) is 5. The normalized spacial score (nSPS) is 25.3. The molecule has 2 aliphatic rings. The van der Waals surface area contributed by atoms with Crippen LogP contribution in [0.1, 0.15) is 29.8 Å². The van der Waals surface area contributed by atoms with Crippen molar-refractivity contribution in [1.29, 1.82) is 0 Å². The van der Waals surface area contributed by atoms with Crippen LogP contribution in [0.3, 0.4) is 0 Å². The molecule has 2 heterocycles. The molecule has 1 saturated carbocycles. The fourth-order valence-corrected chi connectivity index (χ4v) is 3.83. The van der Waals surface area contributed by atoms with E-state index in [1.807, 2.05) is 29.2 Å². The molecule has 2 atom stereocenters. The average Bonchev–Trinajstić information content (AvgIpc) is 3.07. The minimum atomic E-state index is -0.210. The third-order valence-corrected chi connectivity index (χ3v) is 5.18. The summed E-state index contributed by atoms with van der Waals surface area (Å²) < 4.78 is 0. The molecule has 2 fully saturated rings. The van der Waals surface area contributed by atoms with Crippen LogP contribution in [-0.4, -0.2) is 69.1 Å². The zero-order valence-corrected chi connectivity index (χ0v) is 13.6. The summed E-state index contributed by atoms with van der Waals surface area (Å²) in [6.45, 7) is 2.98. The van der Waals surface area contributed by atoms with Gasteiger partial charge in [-0.15, -0.1) is 0 Å². The third kappa shape index (κ3) is 2.87. The van der Waals surface area contributed by atoms with Crippen LogP contribution in [-0.2, 0) is 0 Å². The number of nitrogens with zero attached hydrogens (tertiary/aromatic N) is 4. The summed E-state index contributed by atoms with van der Waals surface area (Å²) in [4.78, 5) is 25.6.